The van der Waals surface area contributed by atoms with Crippen molar-refractivity contribution in [2.24, 2.45) is 0 Å². The molecule has 0 aliphatic carbocycles. The first kappa shape index (κ1) is 21.1. The average molecular weight is 407 g/mol. The van der Waals surface area contributed by atoms with Crippen LogP contribution in [-0.2, 0) is 0 Å². The molecule has 4 rings (SSSR count). The lowest BCUT2D eigenvalue weighted by atomic mass is 9.80. The molecule has 0 heterocycles. The van der Waals surface area contributed by atoms with E-state index in [-0.39, 0.29) is 0 Å². The van der Waals surface area contributed by atoms with Gasteiger partial charge in [-0.2, -0.15) is 0 Å². The SMILES string of the molecule is CC[C@H](O)c1c(-c2ccccc2C)ccc(-c2ccccc2C)c1-c1ccccc1C. The third kappa shape index (κ3) is 3.94. The molecule has 1 heteroatoms. The average Bonchev–Trinajstić information content (AvgIpc) is 2.79. The molecule has 0 aromatic heterocycles. The monoisotopic (exact) mass is 406 g/mol. The summed E-state index contributed by atoms with van der Waals surface area (Å²) in [5.74, 6) is 0. The third-order valence-corrected chi connectivity index (χ3v) is 6.25. The van der Waals surface area contributed by atoms with E-state index < -0.39 is 6.10 Å². The topological polar surface area (TPSA) is 20.2 Å². The number of aliphatic hydroxyl groups excluding tert-OH is 1. The number of hydrogen-bond donors (Lipinski definition) is 1. The van der Waals surface area contributed by atoms with Crippen molar-refractivity contribution in [1.82, 2.24) is 0 Å². The zero-order valence-corrected chi connectivity index (χ0v) is 18.8. The predicted molar refractivity (Wildman–Crippen MR) is 132 cm³/mol. The van der Waals surface area contributed by atoms with E-state index in [4.69, 9.17) is 0 Å². The Hall–Kier alpha value is -3.16. The molecule has 0 fully saturated rings. The van der Waals surface area contributed by atoms with Gasteiger partial charge in [-0.3, -0.25) is 0 Å². The summed E-state index contributed by atoms with van der Waals surface area (Å²) in [5, 5.41) is 11.3. The van der Waals surface area contributed by atoms with Gasteiger partial charge < -0.3 is 5.11 Å². The summed E-state index contributed by atoms with van der Waals surface area (Å²) < 4.78 is 0. The molecule has 4 aromatic carbocycles. The summed E-state index contributed by atoms with van der Waals surface area (Å²) in [6.45, 7) is 8.50. The lowest BCUT2D eigenvalue weighted by molar-refractivity contribution is 0.175. The van der Waals surface area contributed by atoms with Gasteiger partial charge in [0.15, 0.2) is 0 Å². The van der Waals surface area contributed by atoms with Crippen molar-refractivity contribution in [3.63, 3.8) is 0 Å². The van der Waals surface area contributed by atoms with Crippen molar-refractivity contribution in [3.05, 3.63) is 107 Å². The van der Waals surface area contributed by atoms with Crippen LogP contribution >= 0.6 is 0 Å². The highest BCUT2D eigenvalue weighted by Gasteiger charge is 2.23. The Balaban J connectivity index is 2.16. The predicted octanol–water partition coefficient (Wildman–Crippen LogP) is 8.06. The Morgan fingerprint density at radius 3 is 1.45 bits per heavy atom. The van der Waals surface area contributed by atoms with E-state index in [9.17, 15) is 5.11 Å². The molecule has 1 N–H and O–H groups in total. The van der Waals surface area contributed by atoms with Gasteiger partial charge >= 0.3 is 0 Å². The van der Waals surface area contributed by atoms with Crippen molar-refractivity contribution in [3.8, 4) is 33.4 Å². The van der Waals surface area contributed by atoms with E-state index >= 15 is 0 Å². The normalized spacial score (nSPS) is 12.0. The van der Waals surface area contributed by atoms with Crippen LogP contribution in [0.25, 0.3) is 33.4 Å². The summed E-state index contributed by atoms with van der Waals surface area (Å²) in [6, 6.07) is 29.9. The summed E-state index contributed by atoms with van der Waals surface area (Å²) in [6.07, 6.45) is 0.114. The highest BCUT2D eigenvalue weighted by atomic mass is 16.3. The molecule has 0 spiro atoms. The highest BCUT2D eigenvalue weighted by Crippen LogP contribution is 2.45. The van der Waals surface area contributed by atoms with Gasteiger partial charge in [0, 0.05) is 0 Å². The summed E-state index contributed by atoms with van der Waals surface area (Å²) >= 11 is 0. The molecule has 0 aliphatic heterocycles. The Morgan fingerprint density at radius 1 is 0.548 bits per heavy atom. The van der Waals surface area contributed by atoms with E-state index in [1.807, 2.05) is 6.92 Å². The number of aryl methyl sites for hydroxylation is 3. The van der Waals surface area contributed by atoms with Crippen molar-refractivity contribution >= 4 is 0 Å². The Morgan fingerprint density at radius 2 is 0.968 bits per heavy atom. The van der Waals surface area contributed by atoms with Crippen molar-refractivity contribution in [1.29, 1.82) is 0 Å². The minimum Gasteiger partial charge on any atom is -0.388 e. The van der Waals surface area contributed by atoms with Gasteiger partial charge in [-0.05, 0) is 82.8 Å². The molecule has 0 amide bonds. The smallest absolute Gasteiger partial charge is 0.0799 e. The second-order valence-electron chi connectivity index (χ2n) is 8.32. The molecular formula is C30H30O. The second kappa shape index (κ2) is 8.91. The van der Waals surface area contributed by atoms with Crippen molar-refractivity contribution < 1.29 is 5.11 Å². The van der Waals surface area contributed by atoms with Crippen LogP contribution in [-0.4, -0.2) is 5.11 Å². The Bertz CT molecular complexity index is 1220. The van der Waals surface area contributed by atoms with Crippen LogP contribution in [0.2, 0.25) is 0 Å². The van der Waals surface area contributed by atoms with E-state index in [0.29, 0.717) is 6.42 Å². The molecule has 1 atom stereocenters. The van der Waals surface area contributed by atoms with Crippen molar-refractivity contribution in [2.75, 3.05) is 0 Å². The van der Waals surface area contributed by atoms with Crippen LogP contribution < -0.4 is 0 Å². The summed E-state index contributed by atoms with van der Waals surface area (Å²) in [5.41, 5.74) is 11.7. The van der Waals surface area contributed by atoms with Gasteiger partial charge in [-0.25, -0.2) is 0 Å². The lowest BCUT2D eigenvalue weighted by Crippen LogP contribution is -2.05. The molecule has 0 aliphatic rings. The lowest BCUT2D eigenvalue weighted by Gasteiger charge is -2.25. The van der Waals surface area contributed by atoms with Gasteiger partial charge in [0.2, 0.25) is 0 Å². The largest absolute Gasteiger partial charge is 0.388 e. The molecule has 0 radical (unpaired) electrons. The molecule has 0 unspecified atom stereocenters. The van der Waals surface area contributed by atoms with E-state index in [1.165, 1.54) is 38.9 Å². The molecular weight excluding hydrogens is 376 g/mol. The van der Waals surface area contributed by atoms with Crippen LogP contribution in [0.15, 0.2) is 84.9 Å². The molecule has 0 bridgehead atoms. The first-order chi connectivity index (χ1) is 15.0. The summed E-state index contributed by atoms with van der Waals surface area (Å²) in [7, 11) is 0. The highest BCUT2D eigenvalue weighted by molar-refractivity contribution is 5.93. The van der Waals surface area contributed by atoms with Crippen LogP contribution in [0.4, 0.5) is 0 Å². The van der Waals surface area contributed by atoms with E-state index in [0.717, 1.165) is 16.7 Å². The van der Waals surface area contributed by atoms with E-state index in [2.05, 4.69) is 106 Å². The fourth-order valence-electron chi connectivity index (χ4n) is 4.52. The van der Waals surface area contributed by atoms with E-state index in [1.54, 1.807) is 0 Å². The molecule has 156 valence electrons. The maximum absolute atomic E-state index is 11.3. The Kier molecular flexibility index (Phi) is 6.06. The minimum atomic E-state index is -0.548. The fraction of sp³-hybridized carbons (Fsp3) is 0.200. The first-order valence-corrected chi connectivity index (χ1v) is 11.1. The van der Waals surface area contributed by atoms with Crippen LogP contribution in [0.5, 0.6) is 0 Å². The minimum absolute atomic E-state index is 0.548. The standard InChI is InChI=1S/C30H30O/c1-5-28(31)30-27(24-16-10-7-13-21(24)3)19-18-26(23-15-9-6-12-20(23)2)29(30)25-17-11-8-14-22(25)4/h6-19,28,31H,5H2,1-4H3/t28-/m0/s1. The molecule has 1 nitrogen and oxygen atoms in total. The maximum Gasteiger partial charge on any atom is 0.0799 e. The van der Waals surface area contributed by atoms with Crippen molar-refractivity contribution in [2.45, 2.75) is 40.2 Å². The van der Waals surface area contributed by atoms with Crippen LogP contribution in [0.1, 0.15) is 41.7 Å². The number of benzene rings is 4. The number of aliphatic hydroxyl groups is 1. The number of hydrogen-bond acceptors (Lipinski definition) is 1. The van der Waals surface area contributed by atoms with Gasteiger partial charge in [0.25, 0.3) is 0 Å². The van der Waals surface area contributed by atoms with Crippen LogP contribution in [0.3, 0.4) is 0 Å². The second-order valence-corrected chi connectivity index (χ2v) is 8.32. The Labute approximate surface area is 186 Å². The zero-order valence-electron chi connectivity index (χ0n) is 18.8. The van der Waals surface area contributed by atoms with Gasteiger partial charge in [-0.1, -0.05) is 91.9 Å². The van der Waals surface area contributed by atoms with Crippen LogP contribution in [0, 0.1) is 20.8 Å². The molecule has 4 aromatic rings. The molecule has 0 saturated heterocycles. The fourth-order valence-corrected chi connectivity index (χ4v) is 4.52. The van der Waals surface area contributed by atoms with Gasteiger partial charge in [0.1, 0.15) is 0 Å². The third-order valence-electron chi connectivity index (χ3n) is 6.25. The number of rotatable bonds is 5. The maximum atomic E-state index is 11.3. The first-order valence-electron chi connectivity index (χ1n) is 11.1. The van der Waals surface area contributed by atoms with Gasteiger partial charge in [0.05, 0.1) is 6.10 Å². The molecule has 31 heavy (non-hydrogen) atoms. The molecule has 0 saturated carbocycles. The zero-order chi connectivity index (χ0) is 22.0. The van der Waals surface area contributed by atoms with Gasteiger partial charge in [-0.15, -0.1) is 0 Å². The quantitative estimate of drug-likeness (QED) is 0.355. The summed E-state index contributed by atoms with van der Waals surface area (Å²) in [4.78, 5) is 0.